The smallest absolute Gasteiger partial charge is 0.410 e. The van der Waals surface area contributed by atoms with Gasteiger partial charge in [0.1, 0.15) is 18.0 Å². The molecule has 1 N–H and O–H groups in total. The maximum absolute atomic E-state index is 12.4. The van der Waals surface area contributed by atoms with E-state index in [0.29, 0.717) is 6.61 Å². The molecule has 2 saturated heterocycles. The van der Waals surface area contributed by atoms with E-state index in [1.807, 2.05) is 43.9 Å². The maximum Gasteiger partial charge on any atom is 0.410 e. The van der Waals surface area contributed by atoms with E-state index < -0.39 is 5.60 Å². The molecular weight excluding hydrogens is 330 g/mol. The minimum absolute atomic E-state index is 0.0703. The van der Waals surface area contributed by atoms with Crippen molar-refractivity contribution < 1.29 is 14.3 Å². The zero-order valence-electron chi connectivity index (χ0n) is 16.2. The maximum atomic E-state index is 12.4. The molecular formula is C20H31N3O3. The molecule has 0 radical (unpaired) electrons. The van der Waals surface area contributed by atoms with Crippen LogP contribution in [-0.2, 0) is 4.74 Å². The van der Waals surface area contributed by atoms with E-state index in [1.54, 1.807) is 0 Å². The summed E-state index contributed by atoms with van der Waals surface area (Å²) in [6.45, 7) is 10.9. The van der Waals surface area contributed by atoms with Crippen LogP contribution in [0.5, 0.6) is 5.75 Å². The van der Waals surface area contributed by atoms with Gasteiger partial charge in [-0.1, -0.05) is 12.1 Å². The number of nitrogens with one attached hydrogen (secondary N) is 1. The zero-order valence-corrected chi connectivity index (χ0v) is 16.2. The van der Waals surface area contributed by atoms with Crippen LogP contribution < -0.4 is 15.0 Å². The van der Waals surface area contributed by atoms with Crippen molar-refractivity contribution in [2.45, 2.75) is 45.3 Å². The Hall–Kier alpha value is -1.95. The monoisotopic (exact) mass is 361 g/mol. The van der Waals surface area contributed by atoms with Gasteiger partial charge in [-0.3, -0.25) is 0 Å². The minimum atomic E-state index is -0.472. The molecule has 2 aliphatic heterocycles. The van der Waals surface area contributed by atoms with E-state index in [4.69, 9.17) is 9.47 Å². The topological polar surface area (TPSA) is 54.0 Å². The molecule has 0 aromatic heterocycles. The van der Waals surface area contributed by atoms with Crippen molar-refractivity contribution in [2.75, 3.05) is 44.2 Å². The van der Waals surface area contributed by atoms with Gasteiger partial charge in [-0.2, -0.15) is 0 Å². The first-order valence-corrected chi connectivity index (χ1v) is 9.61. The van der Waals surface area contributed by atoms with Crippen LogP contribution in [0.4, 0.5) is 10.5 Å². The predicted octanol–water partition coefficient (Wildman–Crippen LogP) is 2.87. The van der Waals surface area contributed by atoms with Crippen LogP contribution in [0.1, 0.15) is 33.6 Å². The van der Waals surface area contributed by atoms with Crippen LogP contribution in [-0.4, -0.2) is 62.0 Å². The van der Waals surface area contributed by atoms with Crippen LogP contribution >= 0.6 is 0 Å². The van der Waals surface area contributed by atoms with Crippen molar-refractivity contribution in [3.8, 4) is 5.75 Å². The normalized spacial score (nSPS) is 21.0. The van der Waals surface area contributed by atoms with Crippen LogP contribution in [0.2, 0.25) is 0 Å². The summed E-state index contributed by atoms with van der Waals surface area (Å²) in [5, 5.41) is 3.38. The van der Waals surface area contributed by atoms with E-state index >= 15 is 0 Å². The van der Waals surface area contributed by atoms with Crippen molar-refractivity contribution in [3.05, 3.63) is 24.3 Å². The number of para-hydroxylation sites is 2. The second kappa shape index (κ2) is 8.16. The van der Waals surface area contributed by atoms with Crippen molar-refractivity contribution in [1.82, 2.24) is 10.2 Å². The summed E-state index contributed by atoms with van der Waals surface area (Å²) < 4.78 is 11.7. The molecule has 3 rings (SSSR count). The summed E-state index contributed by atoms with van der Waals surface area (Å²) in [5.41, 5.74) is 0.663. The summed E-state index contributed by atoms with van der Waals surface area (Å²) >= 11 is 0. The molecule has 1 amide bonds. The van der Waals surface area contributed by atoms with Gasteiger partial charge in [-0.05, 0) is 45.7 Å². The van der Waals surface area contributed by atoms with Gasteiger partial charge in [0.15, 0.2) is 0 Å². The molecule has 2 fully saturated rings. The third-order valence-electron chi connectivity index (χ3n) is 4.76. The van der Waals surface area contributed by atoms with Gasteiger partial charge >= 0.3 is 6.09 Å². The molecule has 6 nitrogen and oxygen atoms in total. The summed E-state index contributed by atoms with van der Waals surface area (Å²) in [4.78, 5) is 16.6. The molecule has 0 saturated carbocycles. The fraction of sp³-hybridized carbons (Fsp3) is 0.650. The highest BCUT2D eigenvalue weighted by atomic mass is 16.6. The lowest BCUT2D eigenvalue weighted by molar-refractivity contribution is 0.0187. The highest BCUT2D eigenvalue weighted by Crippen LogP contribution is 2.29. The van der Waals surface area contributed by atoms with Crippen molar-refractivity contribution >= 4 is 11.8 Å². The van der Waals surface area contributed by atoms with Crippen molar-refractivity contribution in [1.29, 1.82) is 0 Å². The lowest BCUT2D eigenvalue weighted by Crippen LogP contribution is -2.44. The molecule has 0 spiro atoms. The summed E-state index contributed by atoms with van der Waals surface area (Å²) in [5.74, 6) is 0.894. The Balaban J connectivity index is 1.62. The SMILES string of the molecule is CC(C)(C)OC(=O)N1CCC[C@@H]1COc1ccccc1N1CCNCC1. The molecule has 1 aromatic carbocycles. The Kier molecular flexibility index (Phi) is 5.91. The van der Waals surface area contributed by atoms with Gasteiger partial charge in [-0.15, -0.1) is 0 Å². The van der Waals surface area contributed by atoms with E-state index in [2.05, 4.69) is 16.3 Å². The predicted molar refractivity (Wildman–Crippen MR) is 103 cm³/mol. The third-order valence-corrected chi connectivity index (χ3v) is 4.76. The van der Waals surface area contributed by atoms with E-state index in [0.717, 1.165) is 57.0 Å². The van der Waals surface area contributed by atoms with Crippen molar-refractivity contribution in [3.63, 3.8) is 0 Å². The van der Waals surface area contributed by atoms with Crippen LogP contribution in [0.15, 0.2) is 24.3 Å². The van der Waals surface area contributed by atoms with Crippen LogP contribution in [0.3, 0.4) is 0 Å². The Morgan fingerprint density at radius 3 is 2.65 bits per heavy atom. The fourth-order valence-corrected chi connectivity index (χ4v) is 3.50. The summed E-state index contributed by atoms with van der Waals surface area (Å²) in [6, 6.07) is 8.25. The molecule has 26 heavy (non-hydrogen) atoms. The number of nitrogens with zero attached hydrogens (tertiary/aromatic N) is 2. The number of anilines is 1. The van der Waals surface area contributed by atoms with Gasteiger partial charge in [-0.25, -0.2) is 4.79 Å². The number of amides is 1. The Morgan fingerprint density at radius 1 is 1.19 bits per heavy atom. The first kappa shape index (κ1) is 18.8. The highest BCUT2D eigenvalue weighted by molar-refractivity contribution is 5.69. The zero-order chi connectivity index (χ0) is 18.6. The Labute approximate surface area is 156 Å². The van der Waals surface area contributed by atoms with Gasteiger partial charge in [0.2, 0.25) is 0 Å². The number of carbonyl (C=O) groups is 1. The van der Waals surface area contributed by atoms with E-state index in [9.17, 15) is 4.79 Å². The Morgan fingerprint density at radius 2 is 1.92 bits per heavy atom. The molecule has 6 heteroatoms. The van der Waals surface area contributed by atoms with Crippen LogP contribution in [0.25, 0.3) is 0 Å². The summed E-state index contributed by atoms with van der Waals surface area (Å²) in [7, 11) is 0. The molecule has 2 aliphatic rings. The molecule has 0 aliphatic carbocycles. The Bertz CT molecular complexity index is 609. The number of benzene rings is 1. The van der Waals surface area contributed by atoms with Crippen molar-refractivity contribution in [2.24, 2.45) is 0 Å². The highest BCUT2D eigenvalue weighted by Gasteiger charge is 2.32. The van der Waals surface area contributed by atoms with Gasteiger partial charge in [0.05, 0.1) is 11.7 Å². The average Bonchev–Trinajstić information content (AvgIpc) is 3.08. The number of rotatable bonds is 4. The number of likely N-dealkylation sites (tertiary alicyclic amines) is 1. The minimum Gasteiger partial charge on any atom is -0.489 e. The number of hydrogen-bond acceptors (Lipinski definition) is 5. The quantitative estimate of drug-likeness (QED) is 0.894. The summed E-state index contributed by atoms with van der Waals surface area (Å²) in [6.07, 6.45) is 1.71. The van der Waals surface area contributed by atoms with Crippen LogP contribution in [0, 0.1) is 0 Å². The number of piperazine rings is 1. The lowest BCUT2D eigenvalue weighted by atomic mass is 10.2. The third kappa shape index (κ3) is 4.81. The standard InChI is InChI=1S/C20H31N3O3/c1-20(2,3)26-19(24)23-12-6-7-16(23)15-25-18-9-5-4-8-17(18)22-13-10-21-11-14-22/h4-5,8-9,16,21H,6-7,10-15H2,1-3H3/t16-/m1/s1. The largest absolute Gasteiger partial charge is 0.489 e. The molecule has 1 atom stereocenters. The van der Waals surface area contributed by atoms with Gasteiger partial charge < -0.3 is 24.6 Å². The second-order valence-electron chi connectivity index (χ2n) is 7.99. The molecule has 2 heterocycles. The molecule has 0 unspecified atom stereocenters. The molecule has 1 aromatic rings. The van der Waals surface area contributed by atoms with E-state index in [1.165, 1.54) is 0 Å². The van der Waals surface area contributed by atoms with E-state index in [-0.39, 0.29) is 12.1 Å². The first-order valence-electron chi connectivity index (χ1n) is 9.61. The second-order valence-corrected chi connectivity index (χ2v) is 7.99. The number of hydrogen-bond donors (Lipinski definition) is 1. The fourth-order valence-electron chi connectivity index (χ4n) is 3.50. The van der Waals surface area contributed by atoms with Gasteiger partial charge in [0, 0.05) is 32.7 Å². The first-order chi connectivity index (χ1) is 12.4. The number of carbonyl (C=O) groups excluding carboxylic acids is 1. The molecule has 144 valence electrons. The van der Waals surface area contributed by atoms with Gasteiger partial charge in [0.25, 0.3) is 0 Å². The number of ether oxygens (including phenoxy) is 2. The average molecular weight is 361 g/mol. The lowest BCUT2D eigenvalue weighted by Gasteiger charge is -2.32. The molecule has 0 bridgehead atoms.